The standard InChI is InChI=1S/C22H21Cl2N3O3S/c1-15-19(22(24)27(25-15)14-17-6-4-5-7-20(17)23)12-13-21(28)16-8-10-18(11-9-16)31(29,30)26(2)3/h4-13H,14H2,1-3H3/b13-12+. The number of sulfonamides is 1. The second-order valence-electron chi connectivity index (χ2n) is 7.05. The van der Waals surface area contributed by atoms with Crippen LogP contribution in [0.2, 0.25) is 10.2 Å². The summed E-state index contributed by atoms with van der Waals surface area (Å²) in [6.45, 7) is 2.21. The molecule has 2 aromatic carbocycles. The van der Waals surface area contributed by atoms with Crippen molar-refractivity contribution >= 4 is 45.1 Å². The highest BCUT2D eigenvalue weighted by Crippen LogP contribution is 2.24. The van der Waals surface area contributed by atoms with Crippen molar-refractivity contribution in [2.24, 2.45) is 0 Å². The predicted octanol–water partition coefficient (Wildman–Crippen LogP) is 4.69. The van der Waals surface area contributed by atoms with Crippen LogP contribution in [0.15, 0.2) is 59.5 Å². The fraction of sp³-hybridized carbons (Fsp3) is 0.182. The van der Waals surface area contributed by atoms with E-state index in [0.29, 0.717) is 33.5 Å². The predicted molar refractivity (Wildman–Crippen MR) is 123 cm³/mol. The zero-order valence-electron chi connectivity index (χ0n) is 17.2. The normalized spacial score (nSPS) is 12.1. The van der Waals surface area contributed by atoms with Crippen LogP contribution in [0.5, 0.6) is 0 Å². The van der Waals surface area contributed by atoms with Gasteiger partial charge in [-0.1, -0.05) is 41.4 Å². The molecule has 162 valence electrons. The summed E-state index contributed by atoms with van der Waals surface area (Å²) in [6, 6.07) is 13.2. The van der Waals surface area contributed by atoms with Gasteiger partial charge < -0.3 is 0 Å². The Labute approximate surface area is 191 Å². The summed E-state index contributed by atoms with van der Waals surface area (Å²) in [4.78, 5) is 12.7. The van der Waals surface area contributed by atoms with Gasteiger partial charge in [0.2, 0.25) is 10.0 Å². The molecule has 0 saturated carbocycles. The first-order valence-electron chi connectivity index (χ1n) is 9.32. The molecule has 0 aliphatic carbocycles. The number of carbonyl (C=O) groups excluding carboxylic acids is 1. The molecule has 0 fully saturated rings. The number of ketones is 1. The Hall–Kier alpha value is -2.45. The van der Waals surface area contributed by atoms with Crippen molar-refractivity contribution < 1.29 is 13.2 Å². The van der Waals surface area contributed by atoms with Gasteiger partial charge in [0, 0.05) is 30.2 Å². The van der Waals surface area contributed by atoms with Crippen LogP contribution in [0.1, 0.15) is 27.2 Å². The first-order valence-corrected chi connectivity index (χ1v) is 11.5. The maximum atomic E-state index is 12.5. The van der Waals surface area contributed by atoms with E-state index >= 15 is 0 Å². The van der Waals surface area contributed by atoms with Gasteiger partial charge in [0.15, 0.2) is 5.78 Å². The van der Waals surface area contributed by atoms with Gasteiger partial charge in [-0.05, 0) is 55.0 Å². The lowest BCUT2D eigenvalue weighted by atomic mass is 10.1. The maximum absolute atomic E-state index is 12.5. The van der Waals surface area contributed by atoms with E-state index in [0.717, 1.165) is 9.87 Å². The van der Waals surface area contributed by atoms with Gasteiger partial charge in [-0.3, -0.25) is 4.79 Å². The summed E-state index contributed by atoms with van der Waals surface area (Å²) >= 11 is 12.7. The number of nitrogens with zero attached hydrogens (tertiary/aromatic N) is 3. The number of allylic oxidation sites excluding steroid dienone is 1. The quantitative estimate of drug-likeness (QED) is 0.365. The van der Waals surface area contributed by atoms with Gasteiger partial charge >= 0.3 is 0 Å². The van der Waals surface area contributed by atoms with Crippen LogP contribution >= 0.6 is 23.2 Å². The van der Waals surface area contributed by atoms with Gasteiger partial charge in [-0.15, -0.1) is 0 Å². The smallest absolute Gasteiger partial charge is 0.242 e. The minimum absolute atomic E-state index is 0.123. The Morgan fingerprint density at radius 1 is 1.10 bits per heavy atom. The molecule has 0 radical (unpaired) electrons. The average Bonchev–Trinajstić information content (AvgIpc) is 3.00. The van der Waals surface area contributed by atoms with E-state index in [2.05, 4.69) is 5.10 Å². The summed E-state index contributed by atoms with van der Waals surface area (Å²) in [6.07, 6.45) is 3.01. The van der Waals surface area contributed by atoms with Crippen LogP contribution in [0, 0.1) is 6.92 Å². The van der Waals surface area contributed by atoms with Crippen molar-refractivity contribution in [1.29, 1.82) is 0 Å². The van der Waals surface area contributed by atoms with Gasteiger partial charge in [-0.25, -0.2) is 17.4 Å². The van der Waals surface area contributed by atoms with Crippen LogP contribution in [0.25, 0.3) is 6.08 Å². The van der Waals surface area contributed by atoms with E-state index in [1.165, 1.54) is 44.4 Å². The fourth-order valence-corrected chi connectivity index (χ4v) is 4.30. The molecule has 0 bridgehead atoms. The Kier molecular flexibility index (Phi) is 7.01. The molecule has 0 N–H and O–H groups in total. The van der Waals surface area contributed by atoms with Crippen LogP contribution in [0.3, 0.4) is 0 Å². The SMILES string of the molecule is Cc1nn(Cc2ccccc2Cl)c(Cl)c1/C=C/C(=O)c1ccc(S(=O)(=O)N(C)C)cc1. The number of hydrogen-bond acceptors (Lipinski definition) is 4. The first kappa shape index (κ1) is 23.2. The molecule has 0 aliphatic rings. The van der Waals surface area contributed by atoms with Crippen molar-refractivity contribution in [1.82, 2.24) is 14.1 Å². The second kappa shape index (κ2) is 9.36. The third-order valence-electron chi connectivity index (χ3n) is 4.71. The van der Waals surface area contributed by atoms with Crippen LogP contribution in [-0.2, 0) is 16.6 Å². The zero-order valence-corrected chi connectivity index (χ0v) is 19.5. The Balaban J connectivity index is 1.80. The number of halogens is 2. The third-order valence-corrected chi connectivity index (χ3v) is 7.30. The fourth-order valence-electron chi connectivity index (χ4n) is 2.91. The van der Waals surface area contributed by atoms with Crippen molar-refractivity contribution in [2.75, 3.05) is 14.1 Å². The van der Waals surface area contributed by atoms with Crippen molar-refractivity contribution in [3.8, 4) is 0 Å². The van der Waals surface area contributed by atoms with E-state index in [1.54, 1.807) is 23.7 Å². The highest BCUT2D eigenvalue weighted by Gasteiger charge is 2.17. The number of aromatic nitrogens is 2. The van der Waals surface area contributed by atoms with E-state index in [-0.39, 0.29) is 10.7 Å². The summed E-state index contributed by atoms with van der Waals surface area (Å²) in [5.74, 6) is -0.275. The zero-order chi connectivity index (χ0) is 22.8. The van der Waals surface area contributed by atoms with Gasteiger partial charge in [-0.2, -0.15) is 5.10 Å². The molecule has 0 aliphatic heterocycles. The third kappa shape index (κ3) is 5.07. The van der Waals surface area contributed by atoms with E-state index in [9.17, 15) is 13.2 Å². The minimum Gasteiger partial charge on any atom is -0.289 e. The van der Waals surface area contributed by atoms with Gasteiger partial charge in [0.05, 0.1) is 17.1 Å². The Morgan fingerprint density at radius 3 is 2.35 bits per heavy atom. The first-order chi connectivity index (χ1) is 14.6. The number of hydrogen-bond donors (Lipinski definition) is 0. The molecule has 9 heteroatoms. The lowest BCUT2D eigenvalue weighted by Gasteiger charge is -2.11. The Bertz CT molecular complexity index is 1250. The minimum atomic E-state index is -3.55. The second-order valence-corrected chi connectivity index (χ2v) is 9.97. The molecule has 0 unspecified atom stereocenters. The molecular weight excluding hydrogens is 457 g/mol. The molecule has 3 aromatic rings. The van der Waals surface area contributed by atoms with Crippen LogP contribution < -0.4 is 0 Å². The lowest BCUT2D eigenvalue weighted by molar-refractivity contribution is 0.104. The highest BCUT2D eigenvalue weighted by atomic mass is 35.5. The number of aryl methyl sites for hydroxylation is 1. The monoisotopic (exact) mass is 477 g/mol. The molecule has 3 rings (SSSR count). The van der Waals surface area contributed by atoms with Crippen molar-refractivity contribution in [2.45, 2.75) is 18.4 Å². The molecule has 6 nitrogen and oxygen atoms in total. The van der Waals surface area contributed by atoms with E-state index in [4.69, 9.17) is 23.2 Å². The maximum Gasteiger partial charge on any atom is 0.242 e. The molecule has 0 spiro atoms. The topological polar surface area (TPSA) is 72.3 Å². The lowest BCUT2D eigenvalue weighted by Crippen LogP contribution is -2.22. The molecule has 1 heterocycles. The number of carbonyl (C=O) groups is 1. The molecule has 0 saturated heterocycles. The molecule has 1 aromatic heterocycles. The summed E-state index contributed by atoms with van der Waals surface area (Å²) in [5, 5.41) is 5.47. The summed E-state index contributed by atoms with van der Waals surface area (Å²) < 4.78 is 27.0. The van der Waals surface area contributed by atoms with Crippen molar-refractivity contribution in [3.63, 3.8) is 0 Å². The molecule has 0 atom stereocenters. The van der Waals surface area contributed by atoms with Gasteiger partial charge in [0.25, 0.3) is 0 Å². The highest BCUT2D eigenvalue weighted by molar-refractivity contribution is 7.89. The van der Waals surface area contributed by atoms with E-state index in [1.807, 2.05) is 18.2 Å². The Morgan fingerprint density at radius 2 is 1.74 bits per heavy atom. The van der Waals surface area contributed by atoms with Crippen LogP contribution in [0.4, 0.5) is 0 Å². The van der Waals surface area contributed by atoms with E-state index < -0.39 is 10.0 Å². The van der Waals surface area contributed by atoms with Crippen molar-refractivity contribution in [3.05, 3.63) is 87.2 Å². The molecule has 31 heavy (non-hydrogen) atoms. The number of rotatable bonds is 7. The molecule has 0 amide bonds. The van der Waals surface area contributed by atoms with Gasteiger partial charge in [0.1, 0.15) is 5.15 Å². The average molecular weight is 478 g/mol. The largest absolute Gasteiger partial charge is 0.289 e. The number of benzene rings is 2. The van der Waals surface area contributed by atoms with Crippen LogP contribution in [-0.4, -0.2) is 42.4 Å². The summed E-state index contributed by atoms with van der Waals surface area (Å²) in [7, 11) is -0.639. The molecular formula is C22H21Cl2N3O3S. The summed E-state index contributed by atoms with van der Waals surface area (Å²) in [5.41, 5.74) is 2.56.